The van der Waals surface area contributed by atoms with E-state index in [-0.39, 0.29) is 6.04 Å². The van der Waals surface area contributed by atoms with Crippen LogP contribution in [0, 0.1) is 5.92 Å². The Morgan fingerprint density at radius 3 is 2.75 bits per heavy atom. The number of nitrogens with zero attached hydrogens (tertiary/aromatic N) is 1. The molecule has 1 aromatic rings. The molecule has 6 heteroatoms. The van der Waals surface area contributed by atoms with Crippen LogP contribution in [0.15, 0.2) is 27.6 Å². The van der Waals surface area contributed by atoms with E-state index in [2.05, 4.69) is 15.9 Å². The molecule has 2 atom stereocenters. The maximum atomic E-state index is 12.9. The van der Waals surface area contributed by atoms with Crippen molar-refractivity contribution in [3.63, 3.8) is 0 Å². The normalized spacial score (nSPS) is 27.4. The van der Waals surface area contributed by atoms with E-state index in [0.29, 0.717) is 27.5 Å². The van der Waals surface area contributed by atoms with Gasteiger partial charge in [0.1, 0.15) is 0 Å². The maximum absolute atomic E-state index is 12.9. The minimum atomic E-state index is -3.46. The Balaban J connectivity index is 1.97. The molecule has 110 valence electrons. The Bertz CT molecular complexity index is 618. The van der Waals surface area contributed by atoms with E-state index in [9.17, 15) is 8.42 Å². The van der Waals surface area contributed by atoms with Crippen molar-refractivity contribution in [2.45, 2.75) is 43.0 Å². The van der Waals surface area contributed by atoms with Gasteiger partial charge < -0.3 is 5.73 Å². The van der Waals surface area contributed by atoms with Crippen LogP contribution in [0.25, 0.3) is 0 Å². The van der Waals surface area contributed by atoms with Crippen molar-refractivity contribution in [2.75, 3.05) is 12.3 Å². The number of sulfonamides is 1. The average molecular weight is 359 g/mol. The number of nitrogens with two attached hydrogens (primary N) is 1. The molecule has 1 saturated heterocycles. The number of hydrogen-bond donors (Lipinski definition) is 1. The van der Waals surface area contributed by atoms with Gasteiger partial charge in [-0.15, -0.1) is 0 Å². The summed E-state index contributed by atoms with van der Waals surface area (Å²) < 4.78 is 28.1. The lowest BCUT2D eigenvalue weighted by molar-refractivity contribution is 0.260. The van der Waals surface area contributed by atoms with Crippen LogP contribution in [0.3, 0.4) is 0 Å². The third-order valence-corrected chi connectivity index (χ3v) is 7.42. The molecule has 2 unspecified atom stereocenters. The lowest BCUT2D eigenvalue weighted by atomic mass is 9.86. The van der Waals surface area contributed by atoms with Crippen molar-refractivity contribution in [2.24, 2.45) is 5.92 Å². The van der Waals surface area contributed by atoms with Gasteiger partial charge >= 0.3 is 0 Å². The number of benzene rings is 1. The van der Waals surface area contributed by atoms with E-state index in [1.54, 1.807) is 22.5 Å². The molecule has 2 fully saturated rings. The second-order valence-electron chi connectivity index (χ2n) is 5.71. The standard InChI is InChI=1S/C14H19BrN2O2S/c15-12-6-5-11(16)9-14(12)20(18,19)17-8-7-10-3-1-2-4-13(10)17/h5-6,9-10,13H,1-4,7-8,16H2. The Morgan fingerprint density at radius 1 is 1.20 bits per heavy atom. The molecule has 0 spiro atoms. The molecular weight excluding hydrogens is 340 g/mol. The fraction of sp³-hybridized carbons (Fsp3) is 0.571. The summed E-state index contributed by atoms with van der Waals surface area (Å²) in [5.41, 5.74) is 6.23. The van der Waals surface area contributed by atoms with Crippen molar-refractivity contribution in [3.8, 4) is 0 Å². The molecule has 0 aromatic heterocycles. The number of halogens is 1. The first-order valence-electron chi connectivity index (χ1n) is 7.07. The number of fused-ring (bicyclic) bond motifs is 1. The van der Waals surface area contributed by atoms with Gasteiger partial charge in [-0.25, -0.2) is 8.42 Å². The zero-order chi connectivity index (χ0) is 14.3. The van der Waals surface area contributed by atoms with Gasteiger partial charge in [-0.1, -0.05) is 12.8 Å². The molecule has 1 aliphatic carbocycles. The van der Waals surface area contributed by atoms with Crippen LogP contribution in [0.5, 0.6) is 0 Å². The summed E-state index contributed by atoms with van der Waals surface area (Å²) in [5, 5.41) is 0. The third-order valence-electron chi connectivity index (χ3n) is 4.50. The first kappa shape index (κ1) is 14.4. The Labute approximate surface area is 128 Å². The van der Waals surface area contributed by atoms with Crippen molar-refractivity contribution >= 4 is 31.6 Å². The van der Waals surface area contributed by atoms with E-state index < -0.39 is 10.0 Å². The number of hydrogen-bond acceptors (Lipinski definition) is 3. The van der Waals surface area contributed by atoms with Gasteiger partial charge in [-0.2, -0.15) is 4.31 Å². The first-order chi connectivity index (χ1) is 9.50. The molecule has 0 bridgehead atoms. The van der Waals surface area contributed by atoms with Gasteiger partial charge in [-0.3, -0.25) is 0 Å². The van der Waals surface area contributed by atoms with Gasteiger partial charge in [0.05, 0.1) is 4.90 Å². The van der Waals surface area contributed by atoms with E-state index in [4.69, 9.17) is 5.73 Å². The summed E-state index contributed by atoms with van der Waals surface area (Å²) in [6, 6.07) is 5.14. The topological polar surface area (TPSA) is 63.4 Å². The smallest absolute Gasteiger partial charge is 0.244 e. The Hall–Kier alpha value is -0.590. The van der Waals surface area contributed by atoms with Crippen LogP contribution in [0.1, 0.15) is 32.1 Å². The molecule has 2 aliphatic rings. The van der Waals surface area contributed by atoms with Crippen LogP contribution >= 0.6 is 15.9 Å². The van der Waals surface area contributed by atoms with E-state index in [1.807, 2.05) is 0 Å². The zero-order valence-corrected chi connectivity index (χ0v) is 13.7. The molecule has 0 amide bonds. The molecule has 1 heterocycles. The van der Waals surface area contributed by atoms with Crippen LogP contribution in [0.2, 0.25) is 0 Å². The highest BCUT2D eigenvalue weighted by Gasteiger charge is 2.42. The van der Waals surface area contributed by atoms with Gasteiger partial charge in [0, 0.05) is 22.7 Å². The minimum Gasteiger partial charge on any atom is -0.399 e. The van der Waals surface area contributed by atoms with Crippen LogP contribution in [-0.2, 0) is 10.0 Å². The highest BCUT2D eigenvalue weighted by Crippen LogP contribution is 2.40. The average Bonchev–Trinajstić information content (AvgIpc) is 2.86. The molecule has 2 N–H and O–H groups in total. The van der Waals surface area contributed by atoms with Gasteiger partial charge in [0.25, 0.3) is 0 Å². The zero-order valence-electron chi connectivity index (χ0n) is 11.3. The van der Waals surface area contributed by atoms with Gasteiger partial charge in [0.2, 0.25) is 10.0 Å². The Morgan fingerprint density at radius 2 is 1.95 bits per heavy atom. The summed E-state index contributed by atoms with van der Waals surface area (Å²) in [6.07, 6.45) is 5.50. The van der Waals surface area contributed by atoms with Crippen molar-refractivity contribution in [3.05, 3.63) is 22.7 Å². The van der Waals surface area contributed by atoms with Gasteiger partial charge in [0.15, 0.2) is 0 Å². The van der Waals surface area contributed by atoms with Gasteiger partial charge in [-0.05, 0) is 59.3 Å². The monoisotopic (exact) mass is 358 g/mol. The lowest BCUT2D eigenvalue weighted by Crippen LogP contribution is -2.39. The summed E-state index contributed by atoms with van der Waals surface area (Å²) in [7, 11) is -3.46. The summed E-state index contributed by atoms with van der Waals surface area (Å²) in [6.45, 7) is 0.638. The number of nitrogen functional groups attached to an aromatic ring is 1. The number of anilines is 1. The molecule has 4 nitrogen and oxygen atoms in total. The van der Waals surface area contributed by atoms with Crippen molar-refractivity contribution in [1.82, 2.24) is 4.31 Å². The molecule has 1 saturated carbocycles. The summed E-state index contributed by atoms with van der Waals surface area (Å²) in [5.74, 6) is 0.540. The van der Waals surface area contributed by atoms with E-state index >= 15 is 0 Å². The number of rotatable bonds is 2. The fourth-order valence-electron chi connectivity index (χ4n) is 3.51. The van der Waals surface area contributed by atoms with Crippen molar-refractivity contribution < 1.29 is 8.42 Å². The molecule has 3 rings (SSSR count). The highest BCUT2D eigenvalue weighted by atomic mass is 79.9. The van der Waals surface area contributed by atoms with E-state index in [0.717, 1.165) is 25.7 Å². The second-order valence-corrected chi connectivity index (χ2v) is 8.42. The van der Waals surface area contributed by atoms with Crippen LogP contribution < -0.4 is 5.73 Å². The van der Waals surface area contributed by atoms with Crippen LogP contribution in [-0.4, -0.2) is 25.3 Å². The maximum Gasteiger partial charge on any atom is 0.244 e. The lowest BCUT2D eigenvalue weighted by Gasteiger charge is -2.31. The summed E-state index contributed by atoms with van der Waals surface area (Å²) in [4.78, 5) is 0.295. The summed E-state index contributed by atoms with van der Waals surface area (Å²) >= 11 is 3.34. The molecule has 0 radical (unpaired) electrons. The molecular formula is C14H19BrN2O2S. The molecule has 1 aliphatic heterocycles. The third kappa shape index (κ3) is 2.38. The molecule has 20 heavy (non-hydrogen) atoms. The predicted octanol–water partition coefficient (Wildman–Crippen LogP) is 2.98. The highest BCUT2D eigenvalue weighted by molar-refractivity contribution is 9.10. The SMILES string of the molecule is Nc1ccc(Br)c(S(=O)(=O)N2CCC3CCCCC32)c1. The quantitative estimate of drug-likeness (QED) is 0.826. The first-order valence-corrected chi connectivity index (χ1v) is 9.30. The predicted molar refractivity (Wildman–Crippen MR) is 82.8 cm³/mol. The van der Waals surface area contributed by atoms with E-state index in [1.165, 1.54) is 6.42 Å². The second kappa shape index (κ2) is 5.31. The fourth-order valence-corrected chi connectivity index (χ4v) is 6.20. The minimum absolute atomic E-state index is 0.182. The Kier molecular flexibility index (Phi) is 3.81. The largest absolute Gasteiger partial charge is 0.399 e. The van der Waals surface area contributed by atoms with Crippen LogP contribution in [0.4, 0.5) is 5.69 Å². The van der Waals surface area contributed by atoms with Crippen molar-refractivity contribution in [1.29, 1.82) is 0 Å². The molecule has 1 aromatic carbocycles.